The summed E-state index contributed by atoms with van der Waals surface area (Å²) in [5, 5.41) is 14.4. The summed E-state index contributed by atoms with van der Waals surface area (Å²) in [6.07, 6.45) is 0. The van der Waals surface area contributed by atoms with E-state index in [-0.39, 0.29) is 18.4 Å². The lowest BCUT2D eigenvalue weighted by Gasteiger charge is -2.26. The maximum atomic E-state index is 12.3. The third-order valence-corrected chi connectivity index (χ3v) is 3.31. The highest BCUT2D eigenvalue weighted by Crippen LogP contribution is 2.11. The van der Waals surface area contributed by atoms with Gasteiger partial charge in [0.15, 0.2) is 0 Å². The third kappa shape index (κ3) is 5.19. The van der Waals surface area contributed by atoms with E-state index in [9.17, 15) is 9.59 Å². The Kier molecular flexibility index (Phi) is 7.06. The Bertz CT molecular complexity index is 566. The smallest absolute Gasteiger partial charge is 0.241 e. The van der Waals surface area contributed by atoms with Crippen LogP contribution in [0.3, 0.4) is 0 Å². The highest BCUT2D eigenvalue weighted by atomic mass is 16.2. The Morgan fingerprint density at radius 2 is 2.09 bits per heavy atom. The van der Waals surface area contributed by atoms with Crippen LogP contribution in [0.1, 0.15) is 26.3 Å². The molecule has 1 atom stereocenters. The predicted molar refractivity (Wildman–Crippen MR) is 85.2 cm³/mol. The van der Waals surface area contributed by atoms with Crippen LogP contribution in [-0.2, 0) is 9.59 Å². The maximum absolute atomic E-state index is 12.3. The van der Waals surface area contributed by atoms with Gasteiger partial charge in [0, 0.05) is 12.2 Å². The van der Waals surface area contributed by atoms with Crippen molar-refractivity contribution in [1.82, 2.24) is 10.2 Å². The van der Waals surface area contributed by atoms with Gasteiger partial charge in [0.25, 0.3) is 0 Å². The molecule has 0 aliphatic heterocycles. The Hall–Kier alpha value is -2.39. The molecule has 0 aromatic heterocycles. The van der Waals surface area contributed by atoms with Crippen molar-refractivity contribution in [3.63, 3.8) is 0 Å². The molecule has 0 heterocycles. The second-order valence-corrected chi connectivity index (χ2v) is 4.87. The average molecular weight is 302 g/mol. The number of likely N-dealkylation sites (N-methyl/N-ethyl adjacent to an activating group) is 2. The number of carbonyl (C=O) groups is 2. The molecule has 2 amide bonds. The Balaban J connectivity index is 2.69. The molecule has 6 nitrogen and oxygen atoms in total. The van der Waals surface area contributed by atoms with Crippen molar-refractivity contribution in [2.75, 3.05) is 25.0 Å². The number of anilines is 1. The molecule has 0 unspecified atom stereocenters. The van der Waals surface area contributed by atoms with E-state index in [1.165, 1.54) is 0 Å². The van der Waals surface area contributed by atoms with Crippen molar-refractivity contribution in [2.24, 2.45) is 0 Å². The van der Waals surface area contributed by atoms with E-state index in [0.717, 1.165) is 0 Å². The van der Waals surface area contributed by atoms with Crippen LogP contribution in [0, 0.1) is 11.3 Å². The summed E-state index contributed by atoms with van der Waals surface area (Å²) < 4.78 is 0. The molecule has 6 heteroatoms. The SMILES string of the molecule is CCNC(=O)CN(CC)[C@H](C)C(=O)Nc1cccc(C#N)c1. The summed E-state index contributed by atoms with van der Waals surface area (Å²) in [5.74, 6) is -0.309. The van der Waals surface area contributed by atoms with Crippen LogP contribution in [0.15, 0.2) is 24.3 Å². The molecule has 0 bridgehead atoms. The fourth-order valence-electron chi connectivity index (χ4n) is 2.04. The zero-order valence-corrected chi connectivity index (χ0v) is 13.2. The average Bonchev–Trinajstić information content (AvgIpc) is 2.52. The van der Waals surface area contributed by atoms with Crippen LogP contribution in [0.2, 0.25) is 0 Å². The topological polar surface area (TPSA) is 85.2 Å². The predicted octanol–water partition coefficient (Wildman–Crippen LogP) is 1.34. The molecule has 1 rings (SSSR count). The zero-order valence-electron chi connectivity index (χ0n) is 13.2. The van der Waals surface area contributed by atoms with E-state index in [1.807, 2.05) is 19.9 Å². The number of nitrogens with one attached hydrogen (secondary N) is 2. The van der Waals surface area contributed by atoms with E-state index < -0.39 is 6.04 Å². The largest absolute Gasteiger partial charge is 0.355 e. The molecular weight excluding hydrogens is 280 g/mol. The Labute approximate surface area is 131 Å². The standard InChI is InChI=1S/C16H22N4O2/c1-4-18-15(21)11-20(5-2)12(3)16(22)19-14-8-6-7-13(9-14)10-17/h6-9,12H,4-5,11H2,1-3H3,(H,18,21)(H,19,22)/t12-/m1/s1. The second-order valence-electron chi connectivity index (χ2n) is 4.87. The summed E-state index contributed by atoms with van der Waals surface area (Å²) in [6.45, 7) is 6.84. The minimum atomic E-state index is -0.446. The lowest BCUT2D eigenvalue weighted by molar-refractivity contribution is -0.125. The first kappa shape index (κ1) is 17.7. The van der Waals surface area contributed by atoms with Crippen molar-refractivity contribution >= 4 is 17.5 Å². The maximum Gasteiger partial charge on any atom is 0.241 e. The molecule has 0 aliphatic rings. The second kappa shape index (κ2) is 8.80. The van der Waals surface area contributed by atoms with Crippen molar-refractivity contribution in [3.05, 3.63) is 29.8 Å². The van der Waals surface area contributed by atoms with E-state index in [2.05, 4.69) is 10.6 Å². The first-order valence-corrected chi connectivity index (χ1v) is 7.33. The summed E-state index contributed by atoms with van der Waals surface area (Å²) in [5.41, 5.74) is 1.06. The van der Waals surface area contributed by atoms with Gasteiger partial charge in [0.2, 0.25) is 11.8 Å². The van der Waals surface area contributed by atoms with E-state index >= 15 is 0 Å². The lowest BCUT2D eigenvalue weighted by atomic mass is 10.2. The molecule has 1 aromatic rings. The number of nitrogens with zero attached hydrogens (tertiary/aromatic N) is 2. The number of carbonyl (C=O) groups excluding carboxylic acids is 2. The van der Waals surface area contributed by atoms with Gasteiger partial charge < -0.3 is 10.6 Å². The minimum absolute atomic E-state index is 0.101. The first-order valence-electron chi connectivity index (χ1n) is 7.33. The van der Waals surface area contributed by atoms with Gasteiger partial charge in [0.1, 0.15) is 0 Å². The zero-order chi connectivity index (χ0) is 16.5. The van der Waals surface area contributed by atoms with Gasteiger partial charge in [-0.3, -0.25) is 14.5 Å². The minimum Gasteiger partial charge on any atom is -0.355 e. The molecule has 0 aliphatic carbocycles. The first-order chi connectivity index (χ1) is 10.5. The quantitative estimate of drug-likeness (QED) is 0.796. The highest BCUT2D eigenvalue weighted by Gasteiger charge is 2.22. The monoisotopic (exact) mass is 302 g/mol. The van der Waals surface area contributed by atoms with Gasteiger partial charge in [-0.25, -0.2) is 0 Å². The Morgan fingerprint density at radius 3 is 2.68 bits per heavy atom. The molecular formula is C16H22N4O2. The molecule has 0 fully saturated rings. The molecule has 2 N–H and O–H groups in total. The van der Waals surface area contributed by atoms with E-state index in [4.69, 9.17) is 5.26 Å². The van der Waals surface area contributed by atoms with Gasteiger partial charge >= 0.3 is 0 Å². The normalized spacial score (nSPS) is 11.6. The van der Waals surface area contributed by atoms with Gasteiger partial charge in [-0.05, 0) is 38.6 Å². The van der Waals surface area contributed by atoms with Gasteiger partial charge in [0.05, 0.1) is 24.2 Å². The number of amides is 2. The van der Waals surface area contributed by atoms with Gasteiger partial charge in [-0.2, -0.15) is 5.26 Å². The number of hydrogen-bond acceptors (Lipinski definition) is 4. The summed E-state index contributed by atoms with van der Waals surface area (Å²) in [4.78, 5) is 25.7. The van der Waals surface area contributed by atoms with Gasteiger partial charge in [-0.15, -0.1) is 0 Å². The van der Waals surface area contributed by atoms with Crippen LogP contribution >= 0.6 is 0 Å². The fourth-order valence-corrected chi connectivity index (χ4v) is 2.04. The number of benzene rings is 1. The summed E-state index contributed by atoms with van der Waals surface area (Å²) in [7, 11) is 0. The number of hydrogen-bond donors (Lipinski definition) is 2. The number of nitriles is 1. The van der Waals surface area contributed by atoms with Crippen molar-refractivity contribution in [3.8, 4) is 6.07 Å². The molecule has 118 valence electrons. The molecule has 0 saturated heterocycles. The van der Waals surface area contributed by atoms with Crippen molar-refractivity contribution < 1.29 is 9.59 Å². The van der Waals surface area contributed by atoms with Crippen LogP contribution in [-0.4, -0.2) is 42.4 Å². The van der Waals surface area contributed by atoms with Crippen LogP contribution in [0.4, 0.5) is 5.69 Å². The molecule has 1 aromatic carbocycles. The molecule has 0 saturated carbocycles. The van der Waals surface area contributed by atoms with Crippen molar-refractivity contribution in [1.29, 1.82) is 5.26 Å². The lowest BCUT2D eigenvalue weighted by Crippen LogP contribution is -2.46. The van der Waals surface area contributed by atoms with Crippen molar-refractivity contribution in [2.45, 2.75) is 26.8 Å². The summed E-state index contributed by atoms with van der Waals surface area (Å²) in [6, 6.07) is 8.31. The van der Waals surface area contributed by atoms with Crippen LogP contribution < -0.4 is 10.6 Å². The van der Waals surface area contributed by atoms with E-state index in [1.54, 1.807) is 36.1 Å². The fraction of sp³-hybridized carbons (Fsp3) is 0.438. The van der Waals surface area contributed by atoms with Crippen LogP contribution in [0.25, 0.3) is 0 Å². The van der Waals surface area contributed by atoms with E-state index in [0.29, 0.717) is 24.3 Å². The molecule has 22 heavy (non-hydrogen) atoms. The summed E-state index contributed by atoms with van der Waals surface area (Å²) >= 11 is 0. The molecule has 0 radical (unpaired) electrons. The third-order valence-electron chi connectivity index (χ3n) is 3.31. The van der Waals surface area contributed by atoms with Gasteiger partial charge in [-0.1, -0.05) is 13.0 Å². The highest BCUT2D eigenvalue weighted by molar-refractivity contribution is 5.95. The molecule has 0 spiro atoms. The Morgan fingerprint density at radius 1 is 1.36 bits per heavy atom. The number of rotatable bonds is 7. The van der Waals surface area contributed by atoms with Crippen LogP contribution in [0.5, 0.6) is 0 Å².